The smallest absolute Gasteiger partial charge is 0.145 e. The van der Waals surface area contributed by atoms with Crippen LogP contribution in [0.15, 0.2) is 161 Å². The normalized spacial score (nSPS) is 20.4. The molecule has 4 aliphatic rings. The Balaban J connectivity index is 1.11. The first kappa shape index (κ1) is 31.6. The van der Waals surface area contributed by atoms with Crippen LogP contribution in [-0.2, 0) is 6.42 Å². The first-order valence-corrected chi connectivity index (χ1v) is 17.9. The maximum atomic E-state index is 5.33. The number of aliphatic imine (C=N–C) groups is 2. The standard InChI is InChI=1S/C46H42N4/c1-3-9-31(4-2)33-13-17-36(18-14-33)42-30-43(50-46(49-42)40-25-15-34(16-26-40)32-10-6-5-7-11-32)37-21-19-35(20-22-37)41-28-27-39-24-23-38-12-8-29-47-44(38)45(39)48-41/h3-10,12-19,21,23-26,29-30,32,46,49H,11,20,22,27-28H2,1-2H3/b9-3-,31-4+. The van der Waals surface area contributed by atoms with Gasteiger partial charge in [-0.25, -0.2) is 0 Å². The van der Waals surface area contributed by atoms with Crippen molar-refractivity contribution < 1.29 is 0 Å². The first-order chi connectivity index (χ1) is 24.7. The third-order valence-electron chi connectivity index (χ3n) is 10.2. The Hall–Kier alpha value is -5.61. The van der Waals surface area contributed by atoms with Gasteiger partial charge >= 0.3 is 0 Å². The van der Waals surface area contributed by atoms with E-state index in [0.29, 0.717) is 5.92 Å². The molecule has 3 aromatic carbocycles. The number of aryl methyl sites for hydroxylation is 1. The number of fused-ring (bicyclic) bond motifs is 3. The Morgan fingerprint density at radius 1 is 0.820 bits per heavy atom. The van der Waals surface area contributed by atoms with Gasteiger partial charge in [0.15, 0.2) is 0 Å². The molecule has 2 unspecified atom stereocenters. The predicted molar refractivity (Wildman–Crippen MR) is 211 cm³/mol. The summed E-state index contributed by atoms with van der Waals surface area (Å²) in [6.45, 7) is 4.15. The molecule has 0 saturated heterocycles. The van der Waals surface area contributed by atoms with Crippen LogP contribution >= 0.6 is 0 Å². The molecule has 1 N–H and O–H groups in total. The SMILES string of the molecule is C/C=C\C(=C/C)c1ccc(C2=CC(C3=CC=C(C4=Nc5c(ccc6cccnc56)CC4)CC3)=NC(c3ccc(C4C=CC=CC4)cc3)N2)cc1. The van der Waals surface area contributed by atoms with Crippen molar-refractivity contribution in [3.63, 3.8) is 0 Å². The van der Waals surface area contributed by atoms with Gasteiger partial charge in [0.2, 0.25) is 0 Å². The van der Waals surface area contributed by atoms with Gasteiger partial charge in [0.25, 0.3) is 0 Å². The van der Waals surface area contributed by atoms with E-state index < -0.39 is 0 Å². The van der Waals surface area contributed by atoms with Crippen molar-refractivity contribution in [1.29, 1.82) is 0 Å². The summed E-state index contributed by atoms with van der Waals surface area (Å²) in [6.07, 6.45) is 28.6. The molecule has 0 amide bonds. The van der Waals surface area contributed by atoms with Gasteiger partial charge < -0.3 is 5.32 Å². The van der Waals surface area contributed by atoms with Gasteiger partial charge in [0.1, 0.15) is 6.17 Å². The van der Waals surface area contributed by atoms with E-state index in [4.69, 9.17) is 9.98 Å². The highest BCUT2D eigenvalue weighted by atomic mass is 15.1. The van der Waals surface area contributed by atoms with Crippen molar-refractivity contribution in [2.24, 2.45) is 9.98 Å². The van der Waals surface area contributed by atoms with E-state index in [0.717, 1.165) is 71.2 Å². The number of nitrogens with one attached hydrogen (secondary N) is 1. The Kier molecular flexibility index (Phi) is 8.92. The second-order valence-electron chi connectivity index (χ2n) is 13.4. The fraction of sp³-hybridized carbons (Fsp3) is 0.196. The average Bonchev–Trinajstić information content (AvgIpc) is 3.20. The molecule has 3 heterocycles. The summed E-state index contributed by atoms with van der Waals surface area (Å²) in [5.74, 6) is 0.427. The number of hydrogen-bond acceptors (Lipinski definition) is 4. The number of pyridine rings is 1. The summed E-state index contributed by atoms with van der Waals surface area (Å²) in [7, 11) is 0. The maximum Gasteiger partial charge on any atom is 0.145 e. The number of rotatable bonds is 7. The molecular weight excluding hydrogens is 609 g/mol. The maximum absolute atomic E-state index is 5.33. The zero-order valence-electron chi connectivity index (χ0n) is 28.8. The van der Waals surface area contributed by atoms with Gasteiger partial charge in [0, 0.05) is 28.9 Å². The van der Waals surface area contributed by atoms with Crippen molar-refractivity contribution in [3.05, 3.63) is 179 Å². The summed E-state index contributed by atoms with van der Waals surface area (Å²) >= 11 is 0. The number of aromatic nitrogens is 1. The highest BCUT2D eigenvalue weighted by molar-refractivity contribution is 6.14. The molecular formula is C46H42N4. The lowest BCUT2D eigenvalue weighted by atomic mass is 9.88. The molecule has 0 saturated carbocycles. The number of benzene rings is 3. The molecule has 0 radical (unpaired) electrons. The van der Waals surface area contributed by atoms with Crippen molar-refractivity contribution in [2.45, 2.75) is 58.0 Å². The largest absolute Gasteiger partial charge is 0.360 e. The molecule has 4 aromatic rings. The van der Waals surface area contributed by atoms with E-state index in [1.807, 2.05) is 12.3 Å². The van der Waals surface area contributed by atoms with E-state index in [9.17, 15) is 0 Å². The number of nitrogens with zero attached hydrogens (tertiary/aromatic N) is 3. The molecule has 2 aliphatic heterocycles. The fourth-order valence-corrected chi connectivity index (χ4v) is 7.43. The summed E-state index contributed by atoms with van der Waals surface area (Å²) in [5, 5.41) is 4.92. The summed E-state index contributed by atoms with van der Waals surface area (Å²) in [6, 6.07) is 26.4. The first-order valence-electron chi connectivity index (χ1n) is 17.9. The van der Waals surface area contributed by atoms with Gasteiger partial charge in [-0.05, 0) is 103 Å². The van der Waals surface area contributed by atoms with Crippen LogP contribution in [-0.4, -0.2) is 16.4 Å². The van der Waals surface area contributed by atoms with Crippen LogP contribution < -0.4 is 5.32 Å². The molecule has 0 bridgehead atoms. The van der Waals surface area contributed by atoms with Gasteiger partial charge in [0.05, 0.1) is 16.9 Å². The second kappa shape index (κ2) is 14.1. The summed E-state index contributed by atoms with van der Waals surface area (Å²) in [4.78, 5) is 15.2. The van der Waals surface area contributed by atoms with Crippen LogP contribution in [0, 0.1) is 0 Å². The Labute approximate surface area is 295 Å². The second-order valence-corrected chi connectivity index (χ2v) is 13.4. The Morgan fingerprint density at radius 3 is 2.40 bits per heavy atom. The Bertz CT molecular complexity index is 2220. The third-order valence-corrected chi connectivity index (χ3v) is 10.2. The van der Waals surface area contributed by atoms with E-state index in [1.54, 1.807) is 0 Å². The predicted octanol–water partition coefficient (Wildman–Crippen LogP) is 11.3. The number of hydrogen-bond donors (Lipinski definition) is 1. The van der Waals surface area contributed by atoms with Gasteiger partial charge in [-0.1, -0.05) is 121 Å². The Morgan fingerprint density at radius 2 is 1.64 bits per heavy atom. The molecule has 4 nitrogen and oxygen atoms in total. The average molecular weight is 651 g/mol. The van der Waals surface area contributed by atoms with Crippen LogP contribution in [0.1, 0.15) is 79.4 Å². The molecule has 246 valence electrons. The van der Waals surface area contributed by atoms with Crippen LogP contribution in [0.3, 0.4) is 0 Å². The minimum Gasteiger partial charge on any atom is -0.360 e. The zero-order chi connectivity index (χ0) is 33.9. The lowest BCUT2D eigenvalue weighted by Crippen LogP contribution is -2.25. The topological polar surface area (TPSA) is 49.6 Å². The molecule has 0 spiro atoms. The van der Waals surface area contributed by atoms with E-state index >= 15 is 0 Å². The lowest BCUT2D eigenvalue weighted by molar-refractivity contribution is 0.662. The molecule has 0 fully saturated rings. The van der Waals surface area contributed by atoms with Gasteiger partial charge in [-0.2, -0.15) is 0 Å². The van der Waals surface area contributed by atoms with Crippen LogP contribution in [0.4, 0.5) is 5.69 Å². The summed E-state index contributed by atoms with van der Waals surface area (Å²) < 4.78 is 0. The zero-order valence-corrected chi connectivity index (χ0v) is 28.8. The van der Waals surface area contributed by atoms with Crippen molar-refractivity contribution in [3.8, 4) is 0 Å². The highest BCUT2D eigenvalue weighted by Gasteiger charge is 2.24. The molecule has 2 atom stereocenters. The van der Waals surface area contributed by atoms with E-state index in [1.165, 1.54) is 39.1 Å². The summed E-state index contributed by atoms with van der Waals surface area (Å²) in [5.41, 5.74) is 15.3. The van der Waals surface area contributed by atoms with Crippen LogP contribution in [0.5, 0.6) is 0 Å². The number of allylic oxidation sites excluding steroid dienone is 13. The minimum absolute atomic E-state index is 0.180. The van der Waals surface area contributed by atoms with Crippen LogP contribution in [0.2, 0.25) is 0 Å². The lowest BCUT2D eigenvalue weighted by Gasteiger charge is -2.27. The van der Waals surface area contributed by atoms with Crippen molar-refractivity contribution in [1.82, 2.24) is 10.3 Å². The minimum atomic E-state index is -0.180. The van der Waals surface area contributed by atoms with Crippen LogP contribution in [0.25, 0.3) is 22.2 Å². The van der Waals surface area contributed by atoms with Gasteiger partial charge in [-0.3, -0.25) is 15.0 Å². The van der Waals surface area contributed by atoms with E-state index in [2.05, 4.69) is 152 Å². The third kappa shape index (κ3) is 6.42. The highest BCUT2D eigenvalue weighted by Crippen LogP contribution is 2.36. The molecule has 2 aliphatic carbocycles. The van der Waals surface area contributed by atoms with Gasteiger partial charge in [-0.15, -0.1) is 0 Å². The van der Waals surface area contributed by atoms with Crippen molar-refractivity contribution in [2.75, 3.05) is 0 Å². The molecule has 50 heavy (non-hydrogen) atoms. The fourth-order valence-electron chi connectivity index (χ4n) is 7.43. The molecule has 4 heteroatoms. The van der Waals surface area contributed by atoms with Crippen molar-refractivity contribution >= 4 is 39.3 Å². The monoisotopic (exact) mass is 650 g/mol. The quantitative estimate of drug-likeness (QED) is 0.202. The molecule has 8 rings (SSSR count). The van der Waals surface area contributed by atoms with E-state index in [-0.39, 0.29) is 6.17 Å². The molecule has 1 aromatic heterocycles.